The van der Waals surface area contributed by atoms with E-state index >= 15 is 0 Å². The molecule has 0 aromatic rings. The van der Waals surface area contributed by atoms with E-state index in [-0.39, 0.29) is 39.9 Å². The van der Waals surface area contributed by atoms with Crippen LogP contribution < -0.4 is 0 Å². The molecule has 0 aromatic heterocycles. The fraction of sp³-hybridized carbons (Fsp3) is 1.00. The molecular formula is C17H58F4O3Si5. The quantitative estimate of drug-likeness (QED) is 0.209. The Balaban J connectivity index is -0.0000000310. The number of rotatable bonds is 4. The molecule has 0 rings (SSSR count). The maximum atomic E-state index is 11.8. The van der Waals surface area contributed by atoms with Gasteiger partial charge in [-0.25, -0.2) is 0 Å². The summed E-state index contributed by atoms with van der Waals surface area (Å²) in [6, 6.07) is 0. The summed E-state index contributed by atoms with van der Waals surface area (Å²) in [7, 11) is -10.4. The summed E-state index contributed by atoms with van der Waals surface area (Å²) in [5.74, 6) is 0. The van der Waals surface area contributed by atoms with Gasteiger partial charge in [0.15, 0.2) is 16.6 Å². The van der Waals surface area contributed by atoms with Gasteiger partial charge in [0, 0.05) is 0 Å². The molecule has 2 N–H and O–H groups in total. The molecule has 29 heavy (non-hydrogen) atoms. The van der Waals surface area contributed by atoms with E-state index in [0.29, 0.717) is 0 Å². The SMILES string of the molecule is C.C.C.C.C[Si](C)(C)F.C[Si](C)(C)O[Si](C)(C)O[Si](C)(C)C.C[Si](C)(F)F.F.O. The number of halogens is 4. The van der Waals surface area contributed by atoms with Crippen LogP contribution in [-0.4, -0.2) is 47.8 Å². The lowest BCUT2D eigenvalue weighted by Gasteiger charge is -2.35. The topological polar surface area (TPSA) is 50.0 Å². The average Bonchev–Trinajstić information content (AvgIpc) is 1.81. The maximum Gasteiger partial charge on any atom is 0.419 e. The highest BCUT2D eigenvalue weighted by molar-refractivity contribution is 6.87. The lowest BCUT2D eigenvalue weighted by Crippen LogP contribution is -2.50. The Bertz CT molecular complexity index is 283. The Morgan fingerprint density at radius 3 is 0.655 bits per heavy atom. The Hall–Kier alpha value is 0.684. The van der Waals surface area contributed by atoms with Crippen molar-refractivity contribution in [3.05, 3.63) is 0 Å². The second kappa shape index (κ2) is 20.6. The largest absolute Gasteiger partial charge is 0.437 e. The molecule has 0 unspecified atom stereocenters. The summed E-state index contributed by atoms with van der Waals surface area (Å²) in [6.07, 6.45) is 0. The van der Waals surface area contributed by atoms with E-state index < -0.39 is 42.3 Å². The van der Waals surface area contributed by atoms with E-state index in [1.54, 1.807) is 19.6 Å². The van der Waals surface area contributed by atoms with Crippen LogP contribution in [0.1, 0.15) is 29.7 Å². The van der Waals surface area contributed by atoms with E-state index in [4.69, 9.17) is 8.23 Å². The van der Waals surface area contributed by atoms with Crippen LogP contribution in [0.2, 0.25) is 85.1 Å². The van der Waals surface area contributed by atoms with Gasteiger partial charge in [0.25, 0.3) is 0 Å². The van der Waals surface area contributed by atoms with Crippen molar-refractivity contribution in [2.24, 2.45) is 0 Å². The van der Waals surface area contributed by atoms with Crippen LogP contribution in [0.5, 0.6) is 0 Å². The van der Waals surface area contributed by atoms with Crippen LogP contribution in [-0.2, 0) is 8.23 Å². The van der Waals surface area contributed by atoms with Gasteiger partial charge in [-0.1, -0.05) is 29.7 Å². The van der Waals surface area contributed by atoms with E-state index in [9.17, 15) is 12.3 Å². The molecule has 0 bridgehead atoms. The summed E-state index contributed by atoms with van der Waals surface area (Å²) >= 11 is 0. The molecule has 0 heterocycles. The van der Waals surface area contributed by atoms with Gasteiger partial charge in [0.2, 0.25) is 8.41 Å². The van der Waals surface area contributed by atoms with Gasteiger partial charge in [-0.15, -0.1) is 0 Å². The Morgan fingerprint density at radius 2 is 0.586 bits per heavy atom. The third-order valence-corrected chi connectivity index (χ3v) is 9.94. The van der Waals surface area contributed by atoms with Crippen LogP contribution in [0.4, 0.5) is 17.0 Å². The molecule has 192 valence electrons. The van der Waals surface area contributed by atoms with Gasteiger partial charge in [-0.3, -0.25) is 12.9 Å². The molecule has 0 aliphatic carbocycles. The standard InChI is InChI=1S/C8H24O2Si3.C3H9FSi.C2H6F2Si.4CH4.FH.H2O/c1-11(2,3)9-13(7,8)10-12(4,5)6;2*1-5(2,3)4;;;;;;/h1-8H3;1-3H3;1-2H3;4*1H4;1H;1H2. The fourth-order valence-electron chi connectivity index (χ4n) is 1.50. The van der Waals surface area contributed by atoms with Gasteiger partial charge in [0.1, 0.15) is 0 Å². The predicted molar refractivity (Wildman–Crippen MR) is 144 cm³/mol. The molecular weight excluding hydrogens is 469 g/mol. The van der Waals surface area contributed by atoms with Crippen molar-refractivity contribution in [2.75, 3.05) is 0 Å². The molecule has 0 radical (unpaired) electrons. The highest BCUT2D eigenvalue weighted by Crippen LogP contribution is 2.19. The predicted octanol–water partition coefficient (Wildman–Crippen LogP) is 8.68. The molecule has 0 aliphatic rings. The van der Waals surface area contributed by atoms with Crippen LogP contribution in [0.3, 0.4) is 0 Å². The van der Waals surface area contributed by atoms with Crippen LogP contribution in [0.15, 0.2) is 0 Å². The molecule has 12 heteroatoms. The second-order valence-corrected chi connectivity index (χ2v) is 28.9. The van der Waals surface area contributed by atoms with Crippen LogP contribution in [0, 0.1) is 0 Å². The first-order valence-electron chi connectivity index (χ1n) is 7.88. The van der Waals surface area contributed by atoms with Crippen LogP contribution in [0.25, 0.3) is 0 Å². The maximum absolute atomic E-state index is 11.8. The summed E-state index contributed by atoms with van der Waals surface area (Å²) in [6.45, 7) is 24.6. The highest BCUT2D eigenvalue weighted by atomic mass is 28.5. The minimum Gasteiger partial charge on any atom is -0.437 e. The first kappa shape index (κ1) is 57.1. The Kier molecular flexibility index (Phi) is 40.5. The molecule has 0 saturated heterocycles. The molecule has 0 spiro atoms. The monoisotopic (exact) mass is 526 g/mol. The van der Waals surface area contributed by atoms with Gasteiger partial charge in [-0.05, 0) is 85.1 Å². The molecule has 0 aromatic carbocycles. The zero-order valence-electron chi connectivity index (χ0n) is 18.4. The third-order valence-electron chi connectivity index (χ3n) is 1.10. The lowest BCUT2D eigenvalue weighted by molar-refractivity contribution is 0.395. The Labute approximate surface area is 187 Å². The first-order chi connectivity index (χ1) is 9.41. The van der Waals surface area contributed by atoms with E-state index in [2.05, 4.69) is 52.4 Å². The van der Waals surface area contributed by atoms with Crippen molar-refractivity contribution in [2.45, 2.75) is 115 Å². The smallest absolute Gasteiger partial charge is 0.419 e. The molecule has 0 saturated carbocycles. The molecule has 3 nitrogen and oxygen atoms in total. The van der Waals surface area contributed by atoms with Crippen molar-refractivity contribution in [3.8, 4) is 0 Å². The molecule has 0 atom stereocenters. The minimum absolute atomic E-state index is 0. The first-order valence-corrected chi connectivity index (χ1v) is 23.7. The molecule has 0 amide bonds. The van der Waals surface area contributed by atoms with Gasteiger partial charge in [-0.2, -0.15) is 0 Å². The number of hydrogen-bond donors (Lipinski definition) is 0. The summed E-state index contributed by atoms with van der Waals surface area (Å²) in [5.41, 5.74) is 0. The van der Waals surface area contributed by atoms with Crippen molar-refractivity contribution < 1.29 is 30.7 Å². The van der Waals surface area contributed by atoms with E-state index in [1.165, 1.54) is 0 Å². The number of hydrogen-bond acceptors (Lipinski definition) is 2. The zero-order valence-corrected chi connectivity index (χ0v) is 23.4. The van der Waals surface area contributed by atoms with Gasteiger partial charge < -0.3 is 17.8 Å². The zero-order chi connectivity index (χ0) is 19.9. The highest BCUT2D eigenvalue weighted by Gasteiger charge is 2.35. The van der Waals surface area contributed by atoms with Gasteiger partial charge in [0.05, 0.1) is 0 Å². The normalized spacial score (nSPS) is 10.8. The van der Waals surface area contributed by atoms with Crippen molar-refractivity contribution in [1.82, 2.24) is 0 Å². The van der Waals surface area contributed by atoms with Crippen LogP contribution >= 0.6 is 0 Å². The third kappa shape index (κ3) is 127. The Morgan fingerprint density at radius 1 is 0.483 bits per heavy atom. The second-order valence-electron chi connectivity index (χ2n) is 9.22. The van der Waals surface area contributed by atoms with E-state index in [1.807, 2.05) is 0 Å². The summed E-state index contributed by atoms with van der Waals surface area (Å²) in [5, 5.41) is 0. The minimum atomic E-state index is -3.61. The fourth-order valence-corrected chi connectivity index (χ4v) is 13.8. The average molecular weight is 527 g/mol. The summed E-state index contributed by atoms with van der Waals surface area (Å²) in [4.78, 5) is 0. The van der Waals surface area contributed by atoms with Crippen molar-refractivity contribution in [1.29, 1.82) is 0 Å². The molecule has 0 fully saturated rings. The van der Waals surface area contributed by atoms with Crippen molar-refractivity contribution >= 4 is 42.3 Å². The lowest BCUT2D eigenvalue weighted by atomic mass is 11.8. The van der Waals surface area contributed by atoms with Gasteiger partial charge >= 0.3 is 17.3 Å². The summed E-state index contributed by atoms with van der Waals surface area (Å²) < 4.78 is 46.3. The molecule has 0 aliphatic heterocycles. The van der Waals surface area contributed by atoms with Crippen molar-refractivity contribution in [3.63, 3.8) is 0 Å². The van der Waals surface area contributed by atoms with E-state index in [0.717, 1.165) is 13.1 Å².